The summed E-state index contributed by atoms with van der Waals surface area (Å²) in [5.41, 5.74) is 2.23. The van der Waals surface area contributed by atoms with Crippen molar-refractivity contribution < 1.29 is 9.59 Å². The molecule has 0 saturated heterocycles. The largest absolute Gasteiger partial charge is 0.352 e. The van der Waals surface area contributed by atoms with Gasteiger partial charge < -0.3 is 10.6 Å². The monoisotopic (exact) mass is 338 g/mol. The molecule has 0 aliphatic heterocycles. The quantitative estimate of drug-likeness (QED) is 0.763. The molecule has 2 rings (SSSR count). The van der Waals surface area contributed by atoms with E-state index in [4.69, 9.17) is 0 Å². The molecular formula is C21H26N2O2. The van der Waals surface area contributed by atoms with Crippen molar-refractivity contribution in [2.75, 3.05) is 11.9 Å². The van der Waals surface area contributed by atoms with E-state index in [0.29, 0.717) is 17.8 Å². The van der Waals surface area contributed by atoms with E-state index in [-0.39, 0.29) is 17.7 Å². The number of benzene rings is 2. The molecule has 0 bridgehead atoms. The number of nitrogens with one attached hydrogen (secondary N) is 2. The van der Waals surface area contributed by atoms with Gasteiger partial charge in [-0.25, -0.2) is 0 Å². The van der Waals surface area contributed by atoms with Crippen LogP contribution in [-0.4, -0.2) is 18.4 Å². The standard InChI is InChI=1S/C21H26N2O2/c1-3-9-16(2)20(24)23-19-13-8-7-12-18(19)21(25)22-15-14-17-10-5-4-6-11-17/h4-8,10-13,16H,3,9,14-15H2,1-2H3,(H,22,25)(H,23,24). The van der Waals surface area contributed by atoms with Crippen LogP contribution in [0.15, 0.2) is 54.6 Å². The molecule has 4 heteroatoms. The number of hydrogen-bond donors (Lipinski definition) is 2. The Bertz CT molecular complexity index is 698. The van der Waals surface area contributed by atoms with Gasteiger partial charge in [0.1, 0.15) is 0 Å². The fourth-order valence-electron chi connectivity index (χ4n) is 2.67. The molecule has 1 unspecified atom stereocenters. The Labute approximate surface area is 149 Å². The molecule has 2 aromatic rings. The fraction of sp³-hybridized carbons (Fsp3) is 0.333. The van der Waals surface area contributed by atoms with E-state index >= 15 is 0 Å². The third-order valence-electron chi connectivity index (χ3n) is 4.14. The summed E-state index contributed by atoms with van der Waals surface area (Å²) in [5.74, 6) is -0.291. The van der Waals surface area contributed by atoms with Gasteiger partial charge in [0.2, 0.25) is 5.91 Å². The van der Waals surface area contributed by atoms with Crippen LogP contribution in [0.4, 0.5) is 5.69 Å². The number of amides is 2. The molecule has 4 nitrogen and oxygen atoms in total. The van der Waals surface area contributed by atoms with Crippen molar-refractivity contribution >= 4 is 17.5 Å². The van der Waals surface area contributed by atoms with Crippen LogP contribution < -0.4 is 10.6 Å². The lowest BCUT2D eigenvalue weighted by molar-refractivity contribution is -0.119. The summed E-state index contributed by atoms with van der Waals surface area (Å²) >= 11 is 0. The average molecular weight is 338 g/mol. The lowest BCUT2D eigenvalue weighted by atomic mass is 10.0. The maximum atomic E-state index is 12.5. The van der Waals surface area contributed by atoms with Crippen molar-refractivity contribution in [2.45, 2.75) is 33.1 Å². The first kappa shape index (κ1) is 18.7. The lowest BCUT2D eigenvalue weighted by Gasteiger charge is -2.14. The van der Waals surface area contributed by atoms with E-state index in [1.165, 1.54) is 5.56 Å². The van der Waals surface area contributed by atoms with Gasteiger partial charge in [0, 0.05) is 12.5 Å². The third kappa shape index (κ3) is 5.75. The number of para-hydroxylation sites is 1. The first-order chi connectivity index (χ1) is 12.1. The maximum absolute atomic E-state index is 12.5. The molecule has 1 atom stereocenters. The molecular weight excluding hydrogens is 312 g/mol. The highest BCUT2D eigenvalue weighted by atomic mass is 16.2. The molecule has 0 saturated carbocycles. The van der Waals surface area contributed by atoms with E-state index in [1.807, 2.05) is 43.3 Å². The Morgan fingerprint density at radius 2 is 1.68 bits per heavy atom. The van der Waals surface area contributed by atoms with Gasteiger partial charge in [-0.05, 0) is 30.5 Å². The smallest absolute Gasteiger partial charge is 0.253 e. The van der Waals surface area contributed by atoms with Crippen LogP contribution >= 0.6 is 0 Å². The molecule has 0 spiro atoms. The van der Waals surface area contributed by atoms with Crippen LogP contribution in [-0.2, 0) is 11.2 Å². The van der Waals surface area contributed by atoms with Crippen LogP contribution in [0.5, 0.6) is 0 Å². The Morgan fingerprint density at radius 1 is 1.00 bits per heavy atom. The number of hydrogen-bond acceptors (Lipinski definition) is 2. The van der Waals surface area contributed by atoms with Gasteiger partial charge in [-0.3, -0.25) is 9.59 Å². The van der Waals surface area contributed by atoms with Crippen LogP contribution in [0.1, 0.15) is 42.6 Å². The molecule has 25 heavy (non-hydrogen) atoms. The normalized spacial score (nSPS) is 11.6. The summed E-state index contributed by atoms with van der Waals surface area (Å²) in [6.45, 7) is 4.51. The second-order valence-electron chi connectivity index (χ2n) is 6.22. The van der Waals surface area contributed by atoms with Gasteiger partial charge in [-0.15, -0.1) is 0 Å². The lowest BCUT2D eigenvalue weighted by Crippen LogP contribution is -2.28. The van der Waals surface area contributed by atoms with Crippen molar-refractivity contribution in [2.24, 2.45) is 5.92 Å². The second kappa shape index (κ2) is 9.62. The van der Waals surface area contributed by atoms with Crippen molar-refractivity contribution in [3.05, 3.63) is 65.7 Å². The van der Waals surface area contributed by atoms with Gasteiger partial charge in [-0.2, -0.15) is 0 Å². The SMILES string of the molecule is CCCC(C)C(=O)Nc1ccccc1C(=O)NCCc1ccccc1. The number of carbonyl (C=O) groups excluding carboxylic acids is 2. The minimum absolute atomic E-state index is 0.0496. The summed E-state index contributed by atoms with van der Waals surface area (Å²) < 4.78 is 0. The molecule has 0 aromatic heterocycles. The number of anilines is 1. The first-order valence-corrected chi connectivity index (χ1v) is 8.83. The second-order valence-corrected chi connectivity index (χ2v) is 6.22. The Kier molecular flexibility index (Phi) is 7.20. The predicted octanol–water partition coefficient (Wildman–Crippen LogP) is 4.03. The Hall–Kier alpha value is -2.62. The highest BCUT2D eigenvalue weighted by Gasteiger charge is 2.16. The number of rotatable bonds is 8. The van der Waals surface area contributed by atoms with Crippen LogP contribution in [0.2, 0.25) is 0 Å². The van der Waals surface area contributed by atoms with Gasteiger partial charge in [0.15, 0.2) is 0 Å². The third-order valence-corrected chi connectivity index (χ3v) is 4.14. The zero-order valence-electron chi connectivity index (χ0n) is 14.9. The molecule has 0 aliphatic carbocycles. The molecule has 0 fully saturated rings. The summed E-state index contributed by atoms with van der Waals surface area (Å²) in [5, 5.41) is 5.81. The Balaban J connectivity index is 1.96. The Morgan fingerprint density at radius 3 is 2.40 bits per heavy atom. The van der Waals surface area contributed by atoms with E-state index in [1.54, 1.807) is 18.2 Å². The average Bonchev–Trinajstić information content (AvgIpc) is 2.63. The number of carbonyl (C=O) groups is 2. The van der Waals surface area contributed by atoms with Gasteiger partial charge in [-0.1, -0.05) is 62.7 Å². The van der Waals surface area contributed by atoms with E-state index in [9.17, 15) is 9.59 Å². The van der Waals surface area contributed by atoms with Crippen molar-refractivity contribution in [1.82, 2.24) is 5.32 Å². The zero-order chi connectivity index (χ0) is 18.1. The van der Waals surface area contributed by atoms with Gasteiger partial charge in [0.25, 0.3) is 5.91 Å². The zero-order valence-corrected chi connectivity index (χ0v) is 14.9. The van der Waals surface area contributed by atoms with Crippen molar-refractivity contribution in [1.29, 1.82) is 0 Å². The summed E-state index contributed by atoms with van der Waals surface area (Å²) in [6, 6.07) is 17.1. The minimum atomic E-state index is -0.171. The molecule has 0 radical (unpaired) electrons. The van der Waals surface area contributed by atoms with E-state index in [0.717, 1.165) is 19.3 Å². The minimum Gasteiger partial charge on any atom is -0.352 e. The van der Waals surface area contributed by atoms with Crippen LogP contribution in [0.3, 0.4) is 0 Å². The molecule has 0 heterocycles. The van der Waals surface area contributed by atoms with E-state index < -0.39 is 0 Å². The van der Waals surface area contributed by atoms with Crippen molar-refractivity contribution in [3.63, 3.8) is 0 Å². The molecule has 2 aromatic carbocycles. The molecule has 132 valence electrons. The fourth-order valence-corrected chi connectivity index (χ4v) is 2.67. The first-order valence-electron chi connectivity index (χ1n) is 8.83. The molecule has 0 aliphatic rings. The van der Waals surface area contributed by atoms with Gasteiger partial charge in [0.05, 0.1) is 11.3 Å². The maximum Gasteiger partial charge on any atom is 0.253 e. The highest BCUT2D eigenvalue weighted by Crippen LogP contribution is 2.17. The molecule has 2 amide bonds. The van der Waals surface area contributed by atoms with Crippen LogP contribution in [0, 0.1) is 5.92 Å². The van der Waals surface area contributed by atoms with Crippen molar-refractivity contribution in [3.8, 4) is 0 Å². The topological polar surface area (TPSA) is 58.2 Å². The van der Waals surface area contributed by atoms with Crippen LogP contribution in [0.25, 0.3) is 0 Å². The highest BCUT2D eigenvalue weighted by molar-refractivity contribution is 6.04. The predicted molar refractivity (Wildman–Crippen MR) is 102 cm³/mol. The van der Waals surface area contributed by atoms with Gasteiger partial charge >= 0.3 is 0 Å². The summed E-state index contributed by atoms with van der Waals surface area (Å²) in [4.78, 5) is 24.7. The molecule has 2 N–H and O–H groups in total. The summed E-state index contributed by atoms with van der Waals surface area (Å²) in [6.07, 6.45) is 2.56. The van der Waals surface area contributed by atoms with E-state index in [2.05, 4.69) is 17.6 Å². The summed E-state index contributed by atoms with van der Waals surface area (Å²) in [7, 11) is 0.